The first-order valence-corrected chi connectivity index (χ1v) is 10.0. The van der Waals surface area contributed by atoms with Crippen molar-refractivity contribution in [3.8, 4) is 0 Å². The van der Waals surface area contributed by atoms with E-state index >= 15 is 0 Å². The monoisotopic (exact) mass is 442 g/mol. The van der Waals surface area contributed by atoms with E-state index in [1.807, 2.05) is 0 Å². The predicted molar refractivity (Wildman–Crippen MR) is 110 cm³/mol. The van der Waals surface area contributed by atoms with E-state index in [9.17, 15) is 14.4 Å². The Balaban J connectivity index is 1.61. The Kier molecular flexibility index (Phi) is 6.32. The average Bonchev–Trinajstić information content (AvgIpc) is 2.88. The van der Waals surface area contributed by atoms with Crippen molar-refractivity contribution in [2.45, 2.75) is 11.7 Å². The number of nitrogens with one attached hydrogen (secondary N) is 1. The third-order valence-electron chi connectivity index (χ3n) is 3.75. The van der Waals surface area contributed by atoms with Gasteiger partial charge in [-0.15, -0.1) is 11.8 Å². The van der Waals surface area contributed by atoms with Gasteiger partial charge in [0.2, 0.25) is 17.7 Å². The van der Waals surface area contributed by atoms with Gasteiger partial charge in [0.1, 0.15) is 0 Å². The quantitative estimate of drug-likeness (QED) is 0.683. The zero-order valence-electron chi connectivity index (χ0n) is 13.7. The fraction of sp³-hybridized carbons (Fsp3) is 0.167. The zero-order valence-corrected chi connectivity index (χ0v) is 16.8. The molecule has 2 aromatic carbocycles. The highest BCUT2D eigenvalue weighted by Crippen LogP contribution is 2.33. The van der Waals surface area contributed by atoms with Gasteiger partial charge >= 0.3 is 0 Å². The van der Waals surface area contributed by atoms with Gasteiger partial charge in [0.25, 0.3) is 0 Å². The maximum absolute atomic E-state index is 12.6. The van der Waals surface area contributed by atoms with Crippen LogP contribution in [0.3, 0.4) is 0 Å². The summed E-state index contributed by atoms with van der Waals surface area (Å²) in [5.41, 5.74) is 0.935. The number of imide groups is 1. The molecule has 1 aliphatic heterocycles. The molecule has 1 saturated heterocycles. The Morgan fingerprint density at radius 2 is 1.67 bits per heavy atom. The minimum absolute atomic E-state index is 0.0157. The molecule has 0 spiro atoms. The van der Waals surface area contributed by atoms with Gasteiger partial charge in [0, 0.05) is 27.2 Å². The molecule has 27 heavy (non-hydrogen) atoms. The highest BCUT2D eigenvalue weighted by atomic mass is 35.5. The van der Waals surface area contributed by atoms with Crippen LogP contribution in [-0.2, 0) is 14.4 Å². The van der Waals surface area contributed by atoms with Crippen molar-refractivity contribution >= 4 is 75.7 Å². The molecule has 1 fully saturated rings. The van der Waals surface area contributed by atoms with Gasteiger partial charge in [-0.1, -0.05) is 34.8 Å². The van der Waals surface area contributed by atoms with Crippen LogP contribution >= 0.6 is 46.6 Å². The highest BCUT2D eigenvalue weighted by molar-refractivity contribution is 8.01. The van der Waals surface area contributed by atoms with Crippen molar-refractivity contribution < 1.29 is 14.4 Å². The molecule has 3 rings (SSSR count). The van der Waals surface area contributed by atoms with Crippen molar-refractivity contribution in [2.24, 2.45) is 0 Å². The van der Waals surface area contributed by atoms with E-state index in [0.29, 0.717) is 26.4 Å². The summed E-state index contributed by atoms with van der Waals surface area (Å²) in [4.78, 5) is 38.0. The van der Waals surface area contributed by atoms with E-state index in [1.165, 1.54) is 18.2 Å². The van der Waals surface area contributed by atoms with Crippen molar-refractivity contribution in [2.75, 3.05) is 16.0 Å². The van der Waals surface area contributed by atoms with E-state index in [-0.39, 0.29) is 29.9 Å². The van der Waals surface area contributed by atoms with Crippen molar-refractivity contribution in [3.05, 3.63) is 57.5 Å². The van der Waals surface area contributed by atoms with Crippen LogP contribution < -0.4 is 10.2 Å². The summed E-state index contributed by atoms with van der Waals surface area (Å²) in [6, 6.07) is 11.2. The molecule has 1 N–H and O–H groups in total. The van der Waals surface area contributed by atoms with Crippen LogP contribution in [0.4, 0.5) is 11.4 Å². The fourth-order valence-electron chi connectivity index (χ4n) is 2.58. The lowest BCUT2D eigenvalue weighted by Gasteiger charge is -2.15. The first kappa shape index (κ1) is 20.0. The molecule has 0 bridgehead atoms. The number of hydrogen-bond acceptors (Lipinski definition) is 4. The Labute approximate surface area is 174 Å². The van der Waals surface area contributed by atoms with E-state index < -0.39 is 5.25 Å². The molecule has 1 heterocycles. The molecule has 0 unspecified atom stereocenters. The second kappa shape index (κ2) is 8.52. The minimum atomic E-state index is -0.633. The van der Waals surface area contributed by atoms with Crippen LogP contribution in [0.1, 0.15) is 6.42 Å². The van der Waals surface area contributed by atoms with E-state index in [2.05, 4.69) is 5.32 Å². The number of amides is 3. The molecule has 1 atom stereocenters. The predicted octanol–water partition coefficient (Wildman–Crippen LogP) is 4.65. The first-order valence-electron chi connectivity index (χ1n) is 7.83. The number of benzene rings is 2. The average molecular weight is 444 g/mol. The van der Waals surface area contributed by atoms with Gasteiger partial charge in [-0.2, -0.15) is 0 Å². The first-order chi connectivity index (χ1) is 12.8. The van der Waals surface area contributed by atoms with Crippen molar-refractivity contribution in [3.63, 3.8) is 0 Å². The number of thioether (sulfide) groups is 1. The second-order valence-corrected chi connectivity index (χ2v) is 8.25. The Hall–Kier alpha value is -1.73. The molecule has 1 aliphatic rings. The van der Waals surface area contributed by atoms with E-state index in [4.69, 9.17) is 34.8 Å². The lowest BCUT2D eigenvalue weighted by atomic mass is 10.3. The van der Waals surface area contributed by atoms with Gasteiger partial charge in [-0.05, 0) is 42.5 Å². The summed E-state index contributed by atoms with van der Waals surface area (Å²) in [6.07, 6.45) is 0.0157. The molecule has 3 amide bonds. The molecule has 0 aliphatic carbocycles. The third kappa shape index (κ3) is 4.96. The van der Waals surface area contributed by atoms with Crippen LogP contribution in [0.15, 0.2) is 42.5 Å². The highest BCUT2D eigenvalue weighted by Gasteiger charge is 2.40. The van der Waals surface area contributed by atoms with Crippen LogP contribution in [0.5, 0.6) is 0 Å². The SMILES string of the molecule is O=C(CS[C@@H]1CC(=O)N(c2cc(Cl)cc(Cl)c2)C1=O)Nc1ccc(Cl)cc1. The summed E-state index contributed by atoms with van der Waals surface area (Å²) in [5, 5.41) is 3.31. The molecule has 2 aromatic rings. The van der Waals surface area contributed by atoms with Gasteiger partial charge in [-0.25, -0.2) is 4.90 Å². The maximum atomic E-state index is 12.6. The number of carbonyl (C=O) groups is 3. The number of hydrogen-bond donors (Lipinski definition) is 1. The molecular formula is C18H13Cl3N2O3S. The summed E-state index contributed by atoms with van der Waals surface area (Å²) in [6.45, 7) is 0. The minimum Gasteiger partial charge on any atom is -0.325 e. The Morgan fingerprint density at radius 1 is 1.04 bits per heavy atom. The standard InChI is InChI=1S/C18H13Cl3N2O3S/c19-10-1-3-13(4-2-10)22-16(24)9-27-15-8-17(25)23(18(15)26)14-6-11(20)5-12(21)7-14/h1-7,15H,8-9H2,(H,22,24)/t15-/m1/s1. The summed E-state index contributed by atoms with van der Waals surface area (Å²) >= 11 is 18.8. The summed E-state index contributed by atoms with van der Waals surface area (Å²) in [5.74, 6) is -0.973. The molecule has 0 aromatic heterocycles. The van der Waals surface area contributed by atoms with Crippen LogP contribution in [0.25, 0.3) is 0 Å². The molecule has 0 saturated carbocycles. The molecule has 140 valence electrons. The Bertz CT molecular complexity index is 885. The van der Waals surface area contributed by atoms with Crippen LogP contribution in [0, 0.1) is 0 Å². The third-order valence-corrected chi connectivity index (χ3v) is 5.64. The van der Waals surface area contributed by atoms with E-state index in [1.54, 1.807) is 24.3 Å². The number of rotatable bonds is 5. The number of anilines is 2. The van der Waals surface area contributed by atoms with Gasteiger partial charge < -0.3 is 5.32 Å². The van der Waals surface area contributed by atoms with Gasteiger partial charge in [-0.3, -0.25) is 14.4 Å². The largest absolute Gasteiger partial charge is 0.325 e. The summed E-state index contributed by atoms with van der Waals surface area (Å²) < 4.78 is 0. The van der Waals surface area contributed by atoms with Crippen LogP contribution in [0.2, 0.25) is 15.1 Å². The molecule has 0 radical (unpaired) electrons. The molecule has 5 nitrogen and oxygen atoms in total. The maximum Gasteiger partial charge on any atom is 0.247 e. The van der Waals surface area contributed by atoms with E-state index in [0.717, 1.165) is 16.7 Å². The van der Waals surface area contributed by atoms with Crippen molar-refractivity contribution in [1.82, 2.24) is 0 Å². The normalized spacial score (nSPS) is 16.7. The van der Waals surface area contributed by atoms with Crippen LogP contribution in [-0.4, -0.2) is 28.7 Å². The fourth-order valence-corrected chi connectivity index (χ4v) is 4.15. The van der Waals surface area contributed by atoms with Crippen molar-refractivity contribution in [1.29, 1.82) is 0 Å². The van der Waals surface area contributed by atoms with Gasteiger partial charge in [0.05, 0.1) is 16.7 Å². The number of halogens is 3. The Morgan fingerprint density at radius 3 is 2.30 bits per heavy atom. The lowest BCUT2D eigenvalue weighted by molar-refractivity contribution is -0.121. The number of nitrogens with zero attached hydrogens (tertiary/aromatic N) is 1. The second-order valence-electron chi connectivity index (χ2n) is 5.75. The topological polar surface area (TPSA) is 66.5 Å². The molecule has 9 heteroatoms. The lowest BCUT2D eigenvalue weighted by Crippen LogP contribution is -2.31. The zero-order chi connectivity index (χ0) is 19.6. The van der Waals surface area contributed by atoms with Gasteiger partial charge in [0.15, 0.2) is 0 Å². The summed E-state index contributed by atoms with van der Waals surface area (Å²) in [7, 11) is 0. The number of carbonyl (C=O) groups excluding carboxylic acids is 3. The molecular weight excluding hydrogens is 431 g/mol. The smallest absolute Gasteiger partial charge is 0.247 e.